The first-order chi connectivity index (χ1) is 18.9. The van der Waals surface area contributed by atoms with Crippen molar-refractivity contribution >= 4 is 58.1 Å². The van der Waals surface area contributed by atoms with E-state index in [1.54, 1.807) is 29.1 Å². The van der Waals surface area contributed by atoms with Crippen LogP contribution in [0.2, 0.25) is 0 Å². The first kappa shape index (κ1) is 26.6. The molecule has 0 bridgehead atoms. The average molecular weight is 574 g/mol. The molecular weight excluding hydrogens is 548 g/mol. The highest BCUT2D eigenvalue weighted by atomic mass is 32.2. The van der Waals surface area contributed by atoms with Crippen LogP contribution < -0.4 is 15.6 Å². The number of β-lactam (4-membered cyclic amide) rings is 1. The minimum Gasteiger partial charge on any atom is -0.477 e. The molecule has 204 valence electrons. The van der Waals surface area contributed by atoms with Crippen LogP contribution in [0.4, 0.5) is 5.13 Å². The van der Waals surface area contributed by atoms with Crippen LogP contribution in [0.1, 0.15) is 37.1 Å². The molecule has 2 atom stereocenters. The van der Waals surface area contributed by atoms with Crippen molar-refractivity contribution < 1.29 is 34.1 Å². The number of anilines is 1. The zero-order valence-corrected chi connectivity index (χ0v) is 22.1. The summed E-state index contributed by atoms with van der Waals surface area (Å²) in [5.41, 5.74) is 6.61. The predicted molar refractivity (Wildman–Crippen MR) is 140 cm³/mol. The van der Waals surface area contributed by atoms with E-state index in [4.69, 9.17) is 15.8 Å². The minimum atomic E-state index is -1.23. The number of amides is 2. The number of nitrogens with two attached hydrogens (primary N) is 1. The van der Waals surface area contributed by atoms with Gasteiger partial charge < -0.3 is 26.2 Å². The van der Waals surface area contributed by atoms with Gasteiger partial charge in [0.1, 0.15) is 23.2 Å². The lowest BCUT2D eigenvalue weighted by molar-refractivity contribution is -0.689. The van der Waals surface area contributed by atoms with Gasteiger partial charge in [-0.05, 0) is 25.7 Å². The second-order valence-corrected chi connectivity index (χ2v) is 11.0. The Hall–Kier alpha value is -4.05. The second kappa shape index (κ2) is 11.4. The number of hydrogen-bond donors (Lipinski definition) is 4. The van der Waals surface area contributed by atoms with Crippen molar-refractivity contribution in [1.82, 2.24) is 19.6 Å². The fourth-order valence-corrected chi connectivity index (χ4v) is 6.37. The van der Waals surface area contributed by atoms with Gasteiger partial charge in [0.05, 0.1) is 6.21 Å². The van der Waals surface area contributed by atoms with Crippen molar-refractivity contribution in [2.45, 2.75) is 49.7 Å². The Kier molecular flexibility index (Phi) is 7.74. The Balaban J connectivity index is 1.32. The zero-order chi connectivity index (χ0) is 27.5. The molecule has 2 aromatic rings. The molecule has 5 rings (SSSR count). The average Bonchev–Trinajstić information content (AvgIpc) is 3.60. The minimum absolute atomic E-state index is 0.00497. The van der Waals surface area contributed by atoms with Crippen molar-refractivity contribution in [3.05, 3.63) is 47.2 Å². The van der Waals surface area contributed by atoms with E-state index in [0.29, 0.717) is 16.9 Å². The van der Waals surface area contributed by atoms with Crippen molar-refractivity contribution in [2.75, 3.05) is 11.5 Å². The van der Waals surface area contributed by atoms with Gasteiger partial charge in [0.25, 0.3) is 11.8 Å². The third-order valence-electron chi connectivity index (χ3n) is 6.50. The summed E-state index contributed by atoms with van der Waals surface area (Å²) in [4.78, 5) is 49.3. The van der Waals surface area contributed by atoms with Crippen LogP contribution in [0.3, 0.4) is 0 Å². The van der Waals surface area contributed by atoms with Crippen molar-refractivity contribution in [3.63, 3.8) is 0 Å². The lowest BCUT2D eigenvalue weighted by atomic mass is 10.0. The van der Waals surface area contributed by atoms with Gasteiger partial charge in [0.2, 0.25) is 11.5 Å². The number of fused-ring (bicyclic) bond motifs is 1. The summed E-state index contributed by atoms with van der Waals surface area (Å²) in [5.74, 6) is -2.15. The molecule has 0 aromatic carbocycles. The normalized spacial score (nSPS) is 21.7. The van der Waals surface area contributed by atoms with E-state index in [9.17, 15) is 19.5 Å². The quantitative estimate of drug-likeness (QED) is 0.107. The number of nitrogen functional groups attached to an aromatic ring is 1. The zero-order valence-electron chi connectivity index (χ0n) is 20.5. The van der Waals surface area contributed by atoms with Crippen molar-refractivity contribution in [1.29, 1.82) is 0 Å². The number of carbonyl (C=O) groups excluding carboxylic acids is 2. The van der Waals surface area contributed by atoms with Crippen LogP contribution in [0.15, 0.2) is 46.1 Å². The van der Waals surface area contributed by atoms with Gasteiger partial charge in [-0.2, -0.15) is 9.36 Å². The van der Waals surface area contributed by atoms with E-state index in [1.165, 1.54) is 22.9 Å². The predicted octanol–water partition coefficient (Wildman–Crippen LogP) is 0.318. The van der Waals surface area contributed by atoms with Gasteiger partial charge in [0, 0.05) is 40.6 Å². The molecule has 0 radical (unpaired) electrons. The largest absolute Gasteiger partial charge is 0.477 e. The maximum absolute atomic E-state index is 13.2. The fourth-order valence-electron chi connectivity index (χ4n) is 4.60. The Morgan fingerprint density at radius 3 is 2.69 bits per heavy atom. The van der Waals surface area contributed by atoms with Crippen LogP contribution in [-0.4, -0.2) is 77.6 Å². The summed E-state index contributed by atoms with van der Waals surface area (Å²) < 4.78 is 5.82. The summed E-state index contributed by atoms with van der Waals surface area (Å²) in [7, 11) is 0. The van der Waals surface area contributed by atoms with E-state index in [0.717, 1.165) is 37.2 Å². The highest BCUT2D eigenvalue weighted by molar-refractivity contribution is 8.00. The van der Waals surface area contributed by atoms with E-state index in [-0.39, 0.29) is 35.0 Å². The lowest BCUT2D eigenvalue weighted by Gasteiger charge is -2.49. The Labute approximate surface area is 230 Å². The molecule has 1 aliphatic carbocycles. The maximum Gasteiger partial charge on any atom is 0.352 e. The number of oxime groups is 2. The van der Waals surface area contributed by atoms with Gasteiger partial charge >= 0.3 is 5.97 Å². The highest BCUT2D eigenvalue weighted by Crippen LogP contribution is 2.40. The Morgan fingerprint density at radius 1 is 1.31 bits per heavy atom. The topological polar surface area (TPSA) is 197 Å². The summed E-state index contributed by atoms with van der Waals surface area (Å²) >= 11 is 2.26. The van der Waals surface area contributed by atoms with Gasteiger partial charge in [-0.1, -0.05) is 10.3 Å². The van der Waals surface area contributed by atoms with Crippen LogP contribution >= 0.6 is 23.3 Å². The van der Waals surface area contributed by atoms with E-state index in [1.807, 2.05) is 0 Å². The first-order valence-corrected chi connectivity index (χ1v) is 13.9. The molecule has 2 fully saturated rings. The molecule has 1 unspecified atom stereocenters. The summed E-state index contributed by atoms with van der Waals surface area (Å²) in [6, 6.07) is 2.45. The number of aliphatic carboxylic acids is 1. The third kappa shape index (κ3) is 5.56. The maximum atomic E-state index is 13.2. The standard InChI is InChI=1S/C23H24N8O6S2/c24-23-27-18(29-39-23)15(28-37-14-3-1-2-4-14)19(32)26-16-20(33)31-17(22(34)35)13(11-38-21(16)31)10-30-7-5-12(6-8-30)9-25-36/h5-9,14,16,21H,1-4,10-11H2,(H4,24,26,27,29,32,34,35)/p+1/t16?,21-/m1/s1. The SMILES string of the molecule is Nc1nc(C(=NOC2CCCC2)C(=O)NC2C(=O)N3C(C(=O)O)=C(C[n+]4ccc(C=NO)cc4)CS[C@H]23)ns1. The van der Waals surface area contributed by atoms with Gasteiger partial charge in [-0.15, -0.1) is 11.8 Å². The number of nitrogens with zero attached hydrogens (tertiary/aromatic N) is 6. The number of carbonyl (C=O) groups is 3. The molecule has 2 aromatic heterocycles. The van der Waals surface area contributed by atoms with Crippen LogP contribution in [0.25, 0.3) is 0 Å². The van der Waals surface area contributed by atoms with Crippen LogP contribution in [0, 0.1) is 0 Å². The highest BCUT2D eigenvalue weighted by Gasteiger charge is 2.55. The molecule has 2 amide bonds. The van der Waals surface area contributed by atoms with E-state index < -0.39 is 29.2 Å². The monoisotopic (exact) mass is 573 g/mol. The van der Waals surface area contributed by atoms with Crippen LogP contribution in [0.5, 0.6) is 0 Å². The van der Waals surface area contributed by atoms with Gasteiger partial charge in [-0.25, -0.2) is 9.36 Å². The molecule has 16 heteroatoms. The fraction of sp³-hybridized carbons (Fsp3) is 0.391. The molecule has 3 aliphatic rings. The number of thioether (sulfide) groups is 1. The molecule has 1 saturated carbocycles. The van der Waals surface area contributed by atoms with Crippen molar-refractivity contribution in [2.24, 2.45) is 10.3 Å². The molecule has 39 heavy (non-hydrogen) atoms. The molecule has 0 spiro atoms. The van der Waals surface area contributed by atoms with Crippen LogP contribution in [-0.2, 0) is 25.8 Å². The molecule has 2 aliphatic heterocycles. The van der Waals surface area contributed by atoms with E-state index in [2.05, 4.69) is 25.0 Å². The van der Waals surface area contributed by atoms with Crippen molar-refractivity contribution in [3.8, 4) is 0 Å². The Morgan fingerprint density at radius 2 is 2.05 bits per heavy atom. The Bertz CT molecular complexity index is 1370. The number of hydrogen-bond acceptors (Lipinski definition) is 12. The molecule has 4 heterocycles. The molecule has 14 nitrogen and oxygen atoms in total. The number of nitrogens with one attached hydrogen (secondary N) is 1. The van der Waals surface area contributed by atoms with Gasteiger partial charge in [-0.3, -0.25) is 14.5 Å². The smallest absolute Gasteiger partial charge is 0.352 e. The number of carboxylic acids is 1. The molecule has 1 saturated heterocycles. The summed E-state index contributed by atoms with van der Waals surface area (Å²) in [6.45, 7) is 0.241. The second-order valence-electron chi connectivity index (χ2n) is 9.07. The number of rotatable bonds is 9. The number of carboxylic acid groups (broad SMARTS) is 1. The summed E-state index contributed by atoms with van der Waals surface area (Å²) in [6.07, 6.45) is 8.27. The lowest BCUT2D eigenvalue weighted by Crippen LogP contribution is -2.71. The molecule has 5 N–H and O–H groups in total. The molecular formula is C23H25N8O6S2+. The third-order valence-corrected chi connectivity index (χ3v) is 8.38. The van der Waals surface area contributed by atoms with Gasteiger partial charge in [0.15, 0.2) is 24.1 Å². The number of aromatic nitrogens is 3. The summed E-state index contributed by atoms with van der Waals surface area (Å²) in [5, 5.41) is 27.8. The number of pyridine rings is 1. The first-order valence-electron chi connectivity index (χ1n) is 12.1. The van der Waals surface area contributed by atoms with E-state index >= 15 is 0 Å².